The van der Waals surface area contributed by atoms with E-state index in [1.807, 2.05) is 36.4 Å². The van der Waals surface area contributed by atoms with E-state index in [1.165, 1.54) is 19.2 Å². The number of allylic oxidation sites excluding steroid dienone is 1. The molecule has 3 rings (SSSR count). The van der Waals surface area contributed by atoms with Crippen molar-refractivity contribution in [2.75, 3.05) is 7.11 Å². The molecule has 0 bridgehead atoms. The Morgan fingerprint density at radius 3 is 2.62 bits per heavy atom. The lowest BCUT2D eigenvalue weighted by atomic mass is 9.82. The van der Waals surface area contributed by atoms with Crippen LogP contribution in [-0.2, 0) is 4.74 Å². The Morgan fingerprint density at radius 1 is 1.29 bits per heavy atom. The topological polar surface area (TPSA) is 106 Å². The number of carbonyl (C=O) groups is 1. The molecule has 24 heavy (non-hydrogen) atoms. The second-order valence-electron chi connectivity index (χ2n) is 5.20. The predicted molar refractivity (Wildman–Crippen MR) is 85.2 cm³/mol. The summed E-state index contributed by atoms with van der Waals surface area (Å²) in [6.45, 7) is 0. The number of carbonyl (C=O) groups excluding carboxylic acids is 1. The highest BCUT2D eigenvalue weighted by Crippen LogP contribution is 2.47. The second kappa shape index (κ2) is 5.97. The van der Waals surface area contributed by atoms with Crippen molar-refractivity contribution in [3.05, 3.63) is 70.6 Å². The maximum absolute atomic E-state index is 11.9. The van der Waals surface area contributed by atoms with E-state index < -0.39 is 11.9 Å². The van der Waals surface area contributed by atoms with Gasteiger partial charge >= 0.3 is 5.97 Å². The van der Waals surface area contributed by atoms with E-state index in [-0.39, 0.29) is 22.8 Å². The van der Waals surface area contributed by atoms with Crippen molar-refractivity contribution in [3.63, 3.8) is 0 Å². The molecule has 1 aliphatic heterocycles. The van der Waals surface area contributed by atoms with E-state index in [0.717, 1.165) is 5.56 Å². The molecule has 0 saturated carbocycles. The number of nitrogens with two attached hydrogens (primary N) is 1. The van der Waals surface area contributed by atoms with Gasteiger partial charge in [0, 0.05) is 0 Å². The van der Waals surface area contributed by atoms with Gasteiger partial charge in [0.25, 0.3) is 0 Å². The molecule has 2 aromatic rings. The van der Waals surface area contributed by atoms with Crippen molar-refractivity contribution in [1.82, 2.24) is 0 Å². The molecular weight excluding hydrogens is 308 g/mol. The minimum Gasteiger partial charge on any atom is -0.507 e. The number of esters is 1. The molecule has 0 fully saturated rings. The fourth-order valence-corrected chi connectivity index (χ4v) is 2.79. The van der Waals surface area contributed by atoms with Gasteiger partial charge in [0.1, 0.15) is 28.7 Å². The summed E-state index contributed by atoms with van der Waals surface area (Å²) in [4.78, 5) is 11.9. The van der Waals surface area contributed by atoms with Crippen LogP contribution in [0.25, 0.3) is 0 Å². The van der Waals surface area contributed by atoms with Crippen molar-refractivity contribution in [2.24, 2.45) is 5.73 Å². The third kappa shape index (κ3) is 2.32. The first-order valence-electron chi connectivity index (χ1n) is 7.15. The van der Waals surface area contributed by atoms with Crippen LogP contribution in [0.4, 0.5) is 0 Å². The van der Waals surface area contributed by atoms with Crippen LogP contribution in [0.2, 0.25) is 0 Å². The van der Waals surface area contributed by atoms with Crippen LogP contribution in [0, 0.1) is 11.3 Å². The maximum atomic E-state index is 11.9. The van der Waals surface area contributed by atoms with Gasteiger partial charge in [0.15, 0.2) is 0 Å². The van der Waals surface area contributed by atoms with Gasteiger partial charge in [-0.25, -0.2) is 4.79 Å². The lowest BCUT2D eigenvalue weighted by Gasteiger charge is -2.27. The second-order valence-corrected chi connectivity index (χ2v) is 5.20. The molecule has 6 nitrogen and oxygen atoms in total. The zero-order valence-corrected chi connectivity index (χ0v) is 12.8. The van der Waals surface area contributed by atoms with Crippen LogP contribution in [0.5, 0.6) is 11.5 Å². The molecule has 1 unspecified atom stereocenters. The molecule has 0 radical (unpaired) electrons. The molecule has 1 atom stereocenters. The summed E-state index contributed by atoms with van der Waals surface area (Å²) in [6.07, 6.45) is 0. The van der Waals surface area contributed by atoms with E-state index in [1.54, 1.807) is 0 Å². The third-order valence-corrected chi connectivity index (χ3v) is 3.90. The molecule has 6 heteroatoms. The Bertz CT molecular complexity index is 882. The summed E-state index contributed by atoms with van der Waals surface area (Å²) in [7, 11) is 1.23. The van der Waals surface area contributed by atoms with E-state index in [9.17, 15) is 15.2 Å². The van der Waals surface area contributed by atoms with Crippen LogP contribution in [-0.4, -0.2) is 18.2 Å². The van der Waals surface area contributed by atoms with Crippen molar-refractivity contribution in [3.8, 4) is 17.6 Å². The van der Waals surface area contributed by atoms with Gasteiger partial charge in [-0.05, 0) is 17.7 Å². The Labute approximate surface area is 138 Å². The summed E-state index contributed by atoms with van der Waals surface area (Å²) >= 11 is 0. The molecule has 3 N–H and O–H groups in total. The van der Waals surface area contributed by atoms with Gasteiger partial charge < -0.3 is 20.3 Å². The first-order valence-corrected chi connectivity index (χ1v) is 7.15. The number of aromatic hydroxyl groups is 1. The van der Waals surface area contributed by atoms with Crippen LogP contribution in [0.1, 0.15) is 27.4 Å². The molecule has 2 aromatic carbocycles. The minimum absolute atomic E-state index is 0.00135. The number of nitrogens with zero attached hydrogens (tertiary/aromatic N) is 1. The number of methoxy groups -OCH3 is 1. The summed E-state index contributed by atoms with van der Waals surface area (Å²) in [5.41, 5.74) is 7.10. The maximum Gasteiger partial charge on any atom is 0.341 e. The van der Waals surface area contributed by atoms with Crippen molar-refractivity contribution < 1.29 is 19.4 Å². The van der Waals surface area contributed by atoms with Gasteiger partial charge in [0.2, 0.25) is 5.88 Å². The quantitative estimate of drug-likeness (QED) is 0.822. The number of phenols is 1. The number of benzene rings is 2. The van der Waals surface area contributed by atoms with Crippen LogP contribution in [0.15, 0.2) is 53.9 Å². The number of fused-ring (bicyclic) bond motifs is 1. The first-order chi connectivity index (χ1) is 11.6. The Balaban J connectivity index is 2.29. The average molecular weight is 322 g/mol. The van der Waals surface area contributed by atoms with Gasteiger partial charge in [-0.15, -0.1) is 0 Å². The number of phenolic OH excluding ortho intramolecular Hbond substituents is 1. The third-order valence-electron chi connectivity index (χ3n) is 3.90. The largest absolute Gasteiger partial charge is 0.507 e. The molecule has 120 valence electrons. The number of rotatable bonds is 2. The lowest BCUT2D eigenvalue weighted by Crippen LogP contribution is -2.21. The summed E-state index contributed by atoms with van der Waals surface area (Å²) in [6, 6.07) is 14.1. The van der Waals surface area contributed by atoms with Gasteiger partial charge in [-0.2, -0.15) is 5.26 Å². The first kappa shape index (κ1) is 15.4. The number of hydrogen-bond acceptors (Lipinski definition) is 6. The summed E-state index contributed by atoms with van der Waals surface area (Å²) in [5.74, 6) is -1.32. The zero-order valence-electron chi connectivity index (χ0n) is 12.8. The van der Waals surface area contributed by atoms with Gasteiger partial charge in [-0.3, -0.25) is 0 Å². The monoisotopic (exact) mass is 322 g/mol. The Morgan fingerprint density at radius 2 is 2.00 bits per heavy atom. The van der Waals surface area contributed by atoms with E-state index in [0.29, 0.717) is 11.3 Å². The number of ether oxygens (including phenoxy) is 2. The molecule has 1 aliphatic rings. The predicted octanol–water partition coefficient (Wildman–Crippen LogP) is 2.40. The molecule has 0 saturated heterocycles. The highest BCUT2D eigenvalue weighted by Gasteiger charge is 2.34. The Kier molecular flexibility index (Phi) is 3.84. The number of nitriles is 1. The van der Waals surface area contributed by atoms with Crippen LogP contribution < -0.4 is 10.5 Å². The number of hydrogen-bond donors (Lipinski definition) is 2. The molecule has 0 aliphatic carbocycles. The molecular formula is C18H14N2O4. The fourth-order valence-electron chi connectivity index (χ4n) is 2.79. The van der Waals surface area contributed by atoms with Crippen LogP contribution >= 0.6 is 0 Å². The molecule has 1 heterocycles. The highest BCUT2D eigenvalue weighted by atomic mass is 16.5. The Hall–Kier alpha value is -3.46. The summed E-state index contributed by atoms with van der Waals surface area (Å²) < 4.78 is 10.1. The van der Waals surface area contributed by atoms with Gasteiger partial charge in [-0.1, -0.05) is 30.3 Å². The van der Waals surface area contributed by atoms with Crippen LogP contribution in [0.3, 0.4) is 0 Å². The van der Waals surface area contributed by atoms with E-state index >= 15 is 0 Å². The zero-order chi connectivity index (χ0) is 17.3. The lowest BCUT2D eigenvalue weighted by molar-refractivity contribution is 0.0597. The molecule has 0 amide bonds. The average Bonchev–Trinajstić information content (AvgIpc) is 2.61. The van der Waals surface area contributed by atoms with Crippen molar-refractivity contribution in [2.45, 2.75) is 5.92 Å². The van der Waals surface area contributed by atoms with Gasteiger partial charge in [0.05, 0.1) is 18.6 Å². The fraction of sp³-hybridized carbons (Fsp3) is 0.111. The normalized spacial score (nSPS) is 15.9. The van der Waals surface area contributed by atoms with Crippen molar-refractivity contribution >= 4 is 5.97 Å². The van der Waals surface area contributed by atoms with E-state index in [2.05, 4.69) is 4.74 Å². The standard InChI is InChI=1S/C18H14N2O4/c1-23-18(22)11-7-8-13-15(16(11)21)14(10-5-3-2-4-6-10)12(9-19)17(20)24-13/h2-8,14,21H,20H2,1H3. The highest BCUT2D eigenvalue weighted by molar-refractivity contribution is 5.93. The summed E-state index contributed by atoms with van der Waals surface area (Å²) in [5, 5.41) is 20.1. The smallest absolute Gasteiger partial charge is 0.341 e. The minimum atomic E-state index is -0.678. The van der Waals surface area contributed by atoms with Crippen molar-refractivity contribution in [1.29, 1.82) is 5.26 Å². The SMILES string of the molecule is COC(=O)c1ccc2c(c1O)C(c1ccccc1)C(C#N)=C(N)O2. The van der Waals surface area contributed by atoms with E-state index in [4.69, 9.17) is 10.5 Å². The molecule has 0 spiro atoms. The molecule has 0 aromatic heterocycles.